The number of aromatic nitrogens is 1. The monoisotopic (exact) mass is 865 g/mol. The van der Waals surface area contributed by atoms with Gasteiger partial charge in [-0.05, 0) is 140 Å². The molecule has 2 aliphatic rings. The molecular formula is C67H47N. The van der Waals surface area contributed by atoms with Crippen molar-refractivity contribution in [2.45, 2.75) is 38.5 Å². The summed E-state index contributed by atoms with van der Waals surface area (Å²) in [5.41, 5.74) is 21.7. The molecule has 0 radical (unpaired) electrons. The highest BCUT2D eigenvalue weighted by molar-refractivity contribution is 6.30. The zero-order valence-corrected chi connectivity index (χ0v) is 38.7. The Labute approximate surface area is 397 Å². The maximum atomic E-state index is 5.22. The average Bonchev–Trinajstić information content (AvgIpc) is 3.76. The predicted octanol–water partition coefficient (Wildman–Crippen LogP) is 18.1. The van der Waals surface area contributed by atoms with Crippen LogP contribution in [0.2, 0.25) is 0 Å². The Kier molecular flexibility index (Phi) is 8.15. The van der Waals surface area contributed by atoms with Crippen LogP contribution >= 0.6 is 0 Å². The van der Waals surface area contributed by atoms with E-state index < -0.39 is 0 Å². The van der Waals surface area contributed by atoms with E-state index >= 15 is 0 Å². The quantitative estimate of drug-likeness (QED) is 0.127. The second-order valence-corrected chi connectivity index (χ2v) is 20.1. The van der Waals surface area contributed by atoms with Gasteiger partial charge in [0, 0.05) is 33.2 Å². The van der Waals surface area contributed by atoms with Gasteiger partial charge in [-0.2, -0.15) is 0 Å². The lowest BCUT2D eigenvalue weighted by Gasteiger charge is -2.23. The summed E-state index contributed by atoms with van der Waals surface area (Å²) in [5.74, 6) is 0. The molecule has 68 heavy (non-hydrogen) atoms. The van der Waals surface area contributed by atoms with Crippen LogP contribution in [0.4, 0.5) is 0 Å². The fourth-order valence-corrected chi connectivity index (χ4v) is 12.7. The zero-order valence-electron chi connectivity index (χ0n) is 38.7. The number of rotatable bonds is 4. The summed E-state index contributed by atoms with van der Waals surface area (Å²) in [4.78, 5) is 5.22. The highest BCUT2D eigenvalue weighted by Gasteiger charge is 2.37. The molecule has 1 heterocycles. The van der Waals surface area contributed by atoms with Crippen LogP contribution in [0, 0.1) is 0 Å². The molecule has 11 aromatic carbocycles. The van der Waals surface area contributed by atoms with Gasteiger partial charge in [0.05, 0.1) is 5.52 Å². The first-order valence-electron chi connectivity index (χ1n) is 24.0. The Balaban J connectivity index is 0.998. The highest BCUT2D eigenvalue weighted by Crippen LogP contribution is 2.54. The zero-order chi connectivity index (χ0) is 45.5. The largest absolute Gasteiger partial charge is 0.256 e. The van der Waals surface area contributed by atoms with Gasteiger partial charge in [-0.15, -0.1) is 0 Å². The lowest BCUT2D eigenvalue weighted by molar-refractivity contribution is 0.660. The normalized spacial score (nSPS) is 14.1. The number of fused-ring (bicyclic) bond motifs is 12. The molecule has 0 bridgehead atoms. The number of nitrogens with zero attached hydrogens (tertiary/aromatic N) is 1. The Bertz CT molecular complexity index is 4150. The van der Waals surface area contributed by atoms with E-state index in [2.05, 4.69) is 240 Å². The predicted molar refractivity (Wildman–Crippen MR) is 289 cm³/mol. The minimum atomic E-state index is -0.0794. The summed E-state index contributed by atoms with van der Waals surface area (Å²) < 4.78 is 0. The Morgan fingerprint density at radius 3 is 1.18 bits per heavy atom. The minimum Gasteiger partial charge on any atom is -0.256 e. The third kappa shape index (κ3) is 5.36. The Morgan fingerprint density at radius 2 is 0.647 bits per heavy atom. The number of benzene rings is 11. The summed E-state index contributed by atoms with van der Waals surface area (Å²) in [6, 6.07) is 77.4. The van der Waals surface area contributed by atoms with E-state index in [-0.39, 0.29) is 10.8 Å². The van der Waals surface area contributed by atoms with Crippen molar-refractivity contribution >= 4 is 54.0 Å². The SMILES string of the molecule is CC1(C)c2ccccc2-c2ccc(-c3ccc(-c4c5ccccc5c(-c5ccc(-c6ccc7c(c6)C(C)(C)c6ccccc6-7)c6ccccc56)c5c4cnc4ccccc45)c4ccccc34)cc21. The molecule has 12 aromatic rings. The molecule has 14 rings (SSSR count). The number of para-hydroxylation sites is 1. The van der Waals surface area contributed by atoms with Gasteiger partial charge in [-0.25, -0.2) is 0 Å². The van der Waals surface area contributed by atoms with Crippen LogP contribution in [0.5, 0.6) is 0 Å². The highest BCUT2D eigenvalue weighted by atomic mass is 14.7. The van der Waals surface area contributed by atoms with E-state index in [1.165, 1.54) is 127 Å². The summed E-state index contributed by atoms with van der Waals surface area (Å²) >= 11 is 0. The molecule has 1 heteroatoms. The molecule has 0 aliphatic heterocycles. The lowest BCUT2D eigenvalue weighted by atomic mass is 9.80. The van der Waals surface area contributed by atoms with Crippen molar-refractivity contribution in [1.82, 2.24) is 4.98 Å². The first kappa shape index (κ1) is 39.1. The molecule has 0 atom stereocenters. The average molecular weight is 866 g/mol. The van der Waals surface area contributed by atoms with Gasteiger partial charge in [0.25, 0.3) is 0 Å². The van der Waals surface area contributed by atoms with Gasteiger partial charge >= 0.3 is 0 Å². The third-order valence-corrected chi connectivity index (χ3v) is 15.9. The molecule has 0 spiro atoms. The van der Waals surface area contributed by atoms with E-state index in [0.717, 1.165) is 16.3 Å². The molecule has 0 saturated heterocycles. The van der Waals surface area contributed by atoms with Crippen LogP contribution in [-0.4, -0.2) is 4.98 Å². The van der Waals surface area contributed by atoms with Crippen LogP contribution in [0.15, 0.2) is 212 Å². The first-order chi connectivity index (χ1) is 33.3. The number of hydrogen-bond acceptors (Lipinski definition) is 1. The van der Waals surface area contributed by atoms with Gasteiger partial charge in [0.1, 0.15) is 0 Å². The Hall–Kier alpha value is -8.13. The molecule has 0 saturated carbocycles. The van der Waals surface area contributed by atoms with Gasteiger partial charge in [0.2, 0.25) is 0 Å². The molecule has 0 fully saturated rings. The number of hydrogen-bond donors (Lipinski definition) is 0. The number of pyridine rings is 1. The summed E-state index contributed by atoms with van der Waals surface area (Å²) in [7, 11) is 0. The fourth-order valence-electron chi connectivity index (χ4n) is 12.7. The van der Waals surface area contributed by atoms with Gasteiger partial charge in [-0.1, -0.05) is 216 Å². The van der Waals surface area contributed by atoms with Crippen molar-refractivity contribution in [3.05, 3.63) is 235 Å². The molecule has 320 valence electrons. The van der Waals surface area contributed by atoms with Crippen LogP contribution in [-0.2, 0) is 10.8 Å². The van der Waals surface area contributed by atoms with Crippen LogP contribution in [0.1, 0.15) is 49.9 Å². The van der Waals surface area contributed by atoms with Crippen molar-refractivity contribution in [2.75, 3.05) is 0 Å². The topological polar surface area (TPSA) is 12.9 Å². The van der Waals surface area contributed by atoms with Crippen molar-refractivity contribution in [1.29, 1.82) is 0 Å². The van der Waals surface area contributed by atoms with Crippen molar-refractivity contribution in [3.63, 3.8) is 0 Å². The Morgan fingerprint density at radius 1 is 0.279 bits per heavy atom. The van der Waals surface area contributed by atoms with E-state index in [1.807, 2.05) is 0 Å². The maximum Gasteiger partial charge on any atom is 0.0708 e. The second kappa shape index (κ2) is 14.2. The molecule has 1 nitrogen and oxygen atoms in total. The van der Waals surface area contributed by atoms with Crippen LogP contribution in [0.3, 0.4) is 0 Å². The molecular weight excluding hydrogens is 819 g/mol. The van der Waals surface area contributed by atoms with Gasteiger partial charge < -0.3 is 0 Å². The molecule has 0 N–H and O–H groups in total. The second-order valence-electron chi connectivity index (χ2n) is 20.1. The van der Waals surface area contributed by atoms with Crippen molar-refractivity contribution < 1.29 is 0 Å². The first-order valence-corrected chi connectivity index (χ1v) is 24.0. The van der Waals surface area contributed by atoms with Crippen LogP contribution in [0.25, 0.3) is 121 Å². The maximum absolute atomic E-state index is 5.22. The van der Waals surface area contributed by atoms with Gasteiger partial charge in [0.15, 0.2) is 0 Å². The molecule has 0 amide bonds. The van der Waals surface area contributed by atoms with E-state index in [0.29, 0.717) is 0 Å². The van der Waals surface area contributed by atoms with Crippen LogP contribution < -0.4 is 0 Å². The molecule has 0 unspecified atom stereocenters. The molecule has 2 aliphatic carbocycles. The van der Waals surface area contributed by atoms with Crippen molar-refractivity contribution in [2.24, 2.45) is 0 Å². The molecule has 1 aromatic heterocycles. The standard InChI is InChI=1S/C67H47N/c1-66(2)58-26-14-11-21-48(58)50-31-29-40(37-60(50)66)42-33-35-54(46-19-7-5-17-44(42)46)63-52-23-9-10-24-53(52)64(65-56-25-13-16-28-62(56)68-39-57(63)65)55-36-34-43(45-18-6-8-20-47(45)55)41-30-32-51-49-22-12-15-27-59(49)67(3,4)61(51)38-41/h5-39H,1-4H3. The summed E-state index contributed by atoms with van der Waals surface area (Å²) in [5, 5.41) is 11.0. The minimum absolute atomic E-state index is 0.0787. The lowest BCUT2D eigenvalue weighted by Crippen LogP contribution is -2.14. The summed E-state index contributed by atoms with van der Waals surface area (Å²) in [6.45, 7) is 9.47. The summed E-state index contributed by atoms with van der Waals surface area (Å²) in [6.07, 6.45) is 2.15. The van der Waals surface area contributed by atoms with Gasteiger partial charge in [-0.3, -0.25) is 4.98 Å². The van der Waals surface area contributed by atoms with Crippen molar-refractivity contribution in [3.8, 4) is 66.8 Å². The third-order valence-electron chi connectivity index (χ3n) is 15.9. The van der Waals surface area contributed by atoms with E-state index in [9.17, 15) is 0 Å². The smallest absolute Gasteiger partial charge is 0.0708 e. The van der Waals surface area contributed by atoms with E-state index in [4.69, 9.17) is 4.98 Å². The fraction of sp³-hybridized carbons (Fsp3) is 0.0896. The van der Waals surface area contributed by atoms with E-state index in [1.54, 1.807) is 0 Å².